The molecule has 0 radical (unpaired) electrons. The summed E-state index contributed by atoms with van der Waals surface area (Å²) in [5.74, 6) is 0.439. The number of nitrogens with one attached hydrogen (secondary N) is 1. The van der Waals surface area contributed by atoms with Gasteiger partial charge in [-0.3, -0.25) is 4.79 Å². The Hall–Kier alpha value is -2.06. The first-order valence-corrected chi connectivity index (χ1v) is 6.79. The third-order valence-electron chi connectivity index (χ3n) is 3.09. The van der Waals surface area contributed by atoms with Crippen LogP contribution in [0.3, 0.4) is 0 Å². The van der Waals surface area contributed by atoms with Crippen LogP contribution in [0.15, 0.2) is 24.3 Å². The normalized spacial score (nSPS) is 18.1. The molecule has 0 saturated carbocycles. The Bertz CT molecular complexity index is 473. The Labute approximate surface area is 118 Å². The maximum absolute atomic E-state index is 11.2. The first kappa shape index (κ1) is 14.4. The molecule has 1 aromatic carbocycles. The highest BCUT2D eigenvalue weighted by Crippen LogP contribution is 2.18. The van der Waals surface area contributed by atoms with Crippen LogP contribution in [0.5, 0.6) is 5.75 Å². The first-order valence-electron chi connectivity index (χ1n) is 6.79. The van der Waals surface area contributed by atoms with Crippen LogP contribution >= 0.6 is 0 Å². The standard InChI is InChI=1S/C15H18N2O3/c16-9-8-15(18)17-12-4-6-13(7-5-12)20-11-14-3-1-2-10-19-14/h4-7,14H,1-3,8,10-11H2,(H,17,18). The van der Waals surface area contributed by atoms with Crippen molar-refractivity contribution in [3.8, 4) is 11.8 Å². The van der Waals surface area contributed by atoms with E-state index in [9.17, 15) is 4.79 Å². The molecule has 2 rings (SSSR count). The van der Waals surface area contributed by atoms with Gasteiger partial charge in [0.2, 0.25) is 5.91 Å². The molecule has 1 heterocycles. The molecular weight excluding hydrogens is 256 g/mol. The number of ether oxygens (including phenoxy) is 2. The largest absolute Gasteiger partial charge is 0.491 e. The van der Waals surface area contributed by atoms with Crippen molar-refractivity contribution in [3.63, 3.8) is 0 Å². The zero-order valence-corrected chi connectivity index (χ0v) is 11.3. The lowest BCUT2D eigenvalue weighted by molar-refractivity contribution is -0.115. The van der Waals surface area contributed by atoms with Gasteiger partial charge in [-0.05, 0) is 43.5 Å². The highest BCUT2D eigenvalue weighted by Gasteiger charge is 2.14. The lowest BCUT2D eigenvalue weighted by atomic mass is 10.1. The van der Waals surface area contributed by atoms with Crippen molar-refractivity contribution in [2.24, 2.45) is 0 Å². The van der Waals surface area contributed by atoms with Gasteiger partial charge in [0.15, 0.2) is 0 Å². The molecule has 1 aliphatic heterocycles. The van der Waals surface area contributed by atoms with Gasteiger partial charge >= 0.3 is 0 Å². The lowest BCUT2D eigenvalue weighted by Gasteiger charge is -2.22. The van der Waals surface area contributed by atoms with Gasteiger partial charge in [0.1, 0.15) is 18.8 Å². The predicted octanol–water partition coefficient (Wildman–Crippen LogP) is 2.49. The summed E-state index contributed by atoms with van der Waals surface area (Å²) < 4.78 is 11.3. The summed E-state index contributed by atoms with van der Waals surface area (Å²) in [6, 6.07) is 8.91. The van der Waals surface area contributed by atoms with Gasteiger partial charge in [0, 0.05) is 12.3 Å². The number of rotatable bonds is 5. The quantitative estimate of drug-likeness (QED) is 0.895. The minimum atomic E-state index is -0.309. The predicted molar refractivity (Wildman–Crippen MR) is 74.4 cm³/mol. The summed E-state index contributed by atoms with van der Waals surface area (Å²) in [4.78, 5) is 11.2. The van der Waals surface area contributed by atoms with Crippen molar-refractivity contribution in [2.45, 2.75) is 31.8 Å². The summed E-state index contributed by atoms with van der Waals surface area (Å²) >= 11 is 0. The van der Waals surface area contributed by atoms with Crippen LogP contribution < -0.4 is 10.1 Å². The smallest absolute Gasteiger partial charge is 0.238 e. The summed E-state index contributed by atoms with van der Waals surface area (Å²) in [7, 11) is 0. The number of nitriles is 1. The average molecular weight is 274 g/mol. The zero-order chi connectivity index (χ0) is 14.2. The molecule has 1 N–H and O–H groups in total. The number of carbonyl (C=O) groups excluding carboxylic acids is 1. The van der Waals surface area contributed by atoms with E-state index in [2.05, 4.69) is 5.32 Å². The van der Waals surface area contributed by atoms with Crippen molar-refractivity contribution < 1.29 is 14.3 Å². The number of hydrogen-bond acceptors (Lipinski definition) is 4. The van der Waals surface area contributed by atoms with Crippen LogP contribution in [0.25, 0.3) is 0 Å². The monoisotopic (exact) mass is 274 g/mol. The topological polar surface area (TPSA) is 71.4 Å². The molecule has 106 valence electrons. The second-order valence-electron chi connectivity index (χ2n) is 4.71. The van der Waals surface area contributed by atoms with E-state index in [1.165, 1.54) is 6.42 Å². The van der Waals surface area contributed by atoms with Gasteiger partial charge in [0.25, 0.3) is 0 Å². The van der Waals surface area contributed by atoms with Gasteiger partial charge in [-0.1, -0.05) is 0 Å². The Morgan fingerprint density at radius 1 is 1.40 bits per heavy atom. The number of anilines is 1. The van der Waals surface area contributed by atoms with E-state index in [4.69, 9.17) is 14.7 Å². The van der Waals surface area contributed by atoms with E-state index in [1.54, 1.807) is 30.3 Å². The fraction of sp³-hybridized carbons (Fsp3) is 0.467. The van der Waals surface area contributed by atoms with E-state index in [-0.39, 0.29) is 18.4 Å². The maximum atomic E-state index is 11.2. The summed E-state index contributed by atoms with van der Waals surface area (Å²) in [5, 5.41) is 11.0. The molecule has 20 heavy (non-hydrogen) atoms. The molecule has 0 aromatic heterocycles. The van der Waals surface area contributed by atoms with Gasteiger partial charge in [-0.15, -0.1) is 0 Å². The zero-order valence-electron chi connectivity index (χ0n) is 11.3. The van der Waals surface area contributed by atoms with Crippen LogP contribution in [0.4, 0.5) is 5.69 Å². The summed E-state index contributed by atoms with van der Waals surface area (Å²) in [5.41, 5.74) is 0.659. The van der Waals surface area contributed by atoms with E-state index in [1.807, 2.05) is 0 Å². The van der Waals surface area contributed by atoms with E-state index in [0.717, 1.165) is 25.2 Å². The highest BCUT2D eigenvalue weighted by molar-refractivity contribution is 5.92. The Morgan fingerprint density at radius 2 is 2.20 bits per heavy atom. The third-order valence-corrected chi connectivity index (χ3v) is 3.09. The molecular formula is C15H18N2O3. The van der Waals surface area contributed by atoms with Crippen molar-refractivity contribution >= 4 is 11.6 Å². The minimum absolute atomic E-state index is 0.142. The molecule has 0 bridgehead atoms. The molecule has 5 nitrogen and oxygen atoms in total. The number of nitrogens with zero attached hydrogens (tertiary/aromatic N) is 1. The summed E-state index contributed by atoms with van der Waals surface area (Å²) in [6.07, 6.45) is 3.41. The third kappa shape index (κ3) is 4.56. The molecule has 1 aliphatic rings. The SMILES string of the molecule is N#CCC(=O)Nc1ccc(OCC2CCCCO2)cc1. The van der Waals surface area contributed by atoms with E-state index in [0.29, 0.717) is 12.3 Å². The number of carbonyl (C=O) groups is 1. The van der Waals surface area contributed by atoms with Crippen molar-refractivity contribution in [3.05, 3.63) is 24.3 Å². The first-order chi connectivity index (χ1) is 9.78. The number of hydrogen-bond donors (Lipinski definition) is 1. The van der Waals surface area contributed by atoms with Crippen molar-refractivity contribution in [2.75, 3.05) is 18.5 Å². The number of benzene rings is 1. The maximum Gasteiger partial charge on any atom is 0.238 e. The van der Waals surface area contributed by atoms with Gasteiger partial charge in [-0.25, -0.2) is 0 Å². The highest BCUT2D eigenvalue weighted by atomic mass is 16.5. The van der Waals surface area contributed by atoms with Crippen LogP contribution in [0.2, 0.25) is 0 Å². The van der Waals surface area contributed by atoms with Crippen LogP contribution in [-0.4, -0.2) is 25.2 Å². The molecule has 5 heteroatoms. The summed E-state index contributed by atoms with van der Waals surface area (Å²) in [6.45, 7) is 1.37. The minimum Gasteiger partial charge on any atom is -0.491 e. The lowest BCUT2D eigenvalue weighted by Crippen LogP contribution is -2.25. The van der Waals surface area contributed by atoms with Crippen LogP contribution in [-0.2, 0) is 9.53 Å². The molecule has 1 unspecified atom stereocenters. The van der Waals surface area contributed by atoms with Crippen LogP contribution in [0, 0.1) is 11.3 Å². The second kappa shape index (κ2) is 7.51. The van der Waals surface area contributed by atoms with Crippen molar-refractivity contribution in [1.82, 2.24) is 0 Å². The van der Waals surface area contributed by atoms with Gasteiger partial charge in [0.05, 0.1) is 12.2 Å². The van der Waals surface area contributed by atoms with E-state index >= 15 is 0 Å². The van der Waals surface area contributed by atoms with Crippen LogP contribution in [0.1, 0.15) is 25.7 Å². The van der Waals surface area contributed by atoms with E-state index < -0.39 is 0 Å². The molecule has 0 spiro atoms. The Kier molecular flexibility index (Phi) is 5.39. The van der Waals surface area contributed by atoms with Crippen molar-refractivity contribution in [1.29, 1.82) is 5.26 Å². The Balaban J connectivity index is 1.79. The molecule has 1 fully saturated rings. The molecule has 1 saturated heterocycles. The van der Waals surface area contributed by atoms with Gasteiger partial charge in [-0.2, -0.15) is 5.26 Å². The average Bonchev–Trinajstić information content (AvgIpc) is 2.48. The second-order valence-corrected chi connectivity index (χ2v) is 4.71. The molecule has 1 amide bonds. The van der Waals surface area contributed by atoms with Gasteiger partial charge < -0.3 is 14.8 Å². The number of amides is 1. The fourth-order valence-corrected chi connectivity index (χ4v) is 2.04. The fourth-order valence-electron chi connectivity index (χ4n) is 2.04. The Morgan fingerprint density at radius 3 is 2.85 bits per heavy atom. The molecule has 0 aliphatic carbocycles. The molecule has 1 aromatic rings. The molecule has 1 atom stereocenters.